The molecule has 2 aromatic carbocycles. The van der Waals surface area contributed by atoms with Crippen LogP contribution in [0, 0.1) is 15.9 Å². The summed E-state index contributed by atoms with van der Waals surface area (Å²) in [5.41, 5.74) is 0.279. The summed E-state index contributed by atoms with van der Waals surface area (Å²) in [6.07, 6.45) is -0.493. The Labute approximate surface area is 149 Å². The van der Waals surface area contributed by atoms with Crippen LogP contribution in [0.3, 0.4) is 0 Å². The van der Waals surface area contributed by atoms with Gasteiger partial charge in [-0.15, -0.1) is 0 Å². The van der Waals surface area contributed by atoms with Crippen LogP contribution in [0.1, 0.15) is 22.0 Å². The first-order valence-electron chi connectivity index (χ1n) is 7.98. The molecule has 2 aromatic rings. The van der Waals surface area contributed by atoms with Crippen LogP contribution >= 0.6 is 0 Å². The summed E-state index contributed by atoms with van der Waals surface area (Å²) < 4.78 is 24.2. The molecular formula is C18H17FN2O5. The fraction of sp³-hybridized carbons (Fsp3) is 0.278. The predicted molar refractivity (Wildman–Crippen MR) is 90.6 cm³/mol. The van der Waals surface area contributed by atoms with Crippen molar-refractivity contribution in [1.82, 2.24) is 4.90 Å². The fourth-order valence-electron chi connectivity index (χ4n) is 2.89. The summed E-state index contributed by atoms with van der Waals surface area (Å²) in [7, 11) is 1.42. The third kappa shape index (κ3) is 3.65. The molecule has 1 fully saturated rings. The largest absolute Gasteiger partial charge is 0.497 e. The van der Waals surface area contributed by atoms with Crippen LogP contribution < -0.4 is 4.74 Å². The maximum absolute atomic E-state index is 13.4. The number of ether oxygens (including phenoxy) is 2. The van der Waals surface area contributed by atoms with Crippen molar-refractivity contribution in [3.05, 3.63) is 69.5 Å². The predicted octanol–water partition coefficient (Wildman–Crippen LogP) is 2.96. The number of nitrogens with zero attached hydrogens (tertiary/aromatic N) is 2. The highest BCUT2D eigenvalue weighted by Gasteiger charge is 2.30. The highest BCUT2D eigenvalue weighted by molar-refractivity contribution is 5.98. The maximum atomic E-state index is 13.4. The quantitative estimate of drug-likeness (QED) is 0.618. The van der Waals surface area contributed by atoms with E-state index in [1.165, 1.54) is 42.3 Å². The molecule has 1 aliphatic heterocycles. The second-order valence-electron chi connectivity index (χ2n) is 5.81. The van der Waals surface area contributed by atoms with Gasteiger partial charge in [0.2, 0.25) is 0 Å². The van der Waals surface area contributed by atoms with E-state index in [0.717, 1.165) is 0 Å². The third-order valence-corrected chi connectivity index (χ3v) is 4.20. The van der Waals surface area contributed by atoms with E-state index in [2.05, 4.69) is 0 Å². The number of halogens is 1. The molecule has 7 nitrogen and oxygen atoms in total. The molecule has 0 aliphatic carbocycles. The molecule has 136 valence electrons. The van der Waals surface area contributed by atoms with E-state index in [0.29, 0.717) is 17.9 Å². The molecule has 0 saturated carbocycles. The molecule has 1 saturated heterocycles. The molecule has 0 spiro atoms. The van der Waals surface area contributed by atoms with E-state index in [1.54, 1.807) is 12.1 Å². The lowest BCUT2D eigenvalue weighted by Crippen LogP contribution is -2.42. The Morgan fingerprint density at radius 3 is 2.85 bits per heavy atom. The van der Waals surface area contributed by atoms with Gasteiger partial charge < -0.3 is 14.4 Å². The molecule has 3 rings (SSSR count). The van der Waals surface area contributed by atoms with Gasteiger partial charge in [0.15, 0.2) is 0 Å². The zero-order valence-electron chi connectivity index (χ0n) is 14.1. The van der Waals surface area contributed by atoms with Crippen LogP contribution in [0.2, 0.25) is 0 Å². The minimum absolute atomic E-state index is 0.0470. The molecule has 0 radical (unpaired) electrons. The smallest absolute Gasteiger partial charge is 0.282 e. The van der Waals surface area contributed by atoms with Crippen molar-refractivity contribution in [3.8, 4) is 5.75 Å². The summed E-state index contributed by atoms with van der Waals surface area (Å²) in [4.78, 5) is 25.0. The first-order chi connectivity index (χ1) is 12.5. The van der Waals surface area contributed by atoms with Gasteiger partial charge in [-0.1, -0.05) is 12.1 Å². The first kappa shape index (κ1) is 17.8. The summed E-state index contributed by atoms with van der Waals surface area (Å²) >= 11 is 0. The standard InChI is InChI=1S/C18H17FN2O5/c1-25-14-5-6-16(21(23)24)15(10-14)18(22)20-7-8-26-17(11-20)12-3-2-4-13(19)9-12/h2-6,9-10,17H,7-8,11H2,1H3. The second-order valence-corrected chi connectivity index (χ2v) is 5.81. The van der Waals surface area contributed by atoms with Crippen LogP contribution in [0.5, 0.6) is 5.75 Å². The van der Waals surface area contributed by atoms with Gasteiger partial charge in [-0.25, -0.2) is 4.39 Å². The van der Waals surface area contributed by atoms with Crippen molar-refractivity contribution in [2.45, 2.75) is 6.10 Å². The van der Waals surface area contributed by atoms with Crippen molar-refractivity contribution in [1.29, 1.82) is 0 Å². The van der Waals surface area contributed by atoms with E-state index in [4.69, 9.17) is 9.47 Å². The van der Waals surface area contributed by atoms with Crippen molar-refractivity contribution in [2.24, 2.45) is 0 Å². The molecular weight excluding hydrogens is 343 g/mol. The summed E-state index contributed by atoms with van der Waals surface area (Å²) in [5, 5.41) is 11.3. The Hall–Kier alpha value is -3.00. The number of methoxy groups -OCH3 is 1. The number of nitro benzene ring substituents is 1. The maximum Gasteiger partial charge on any atom is 0.282 e. The second kappa shape index (κ2) is 7.49. The molecule has 1 heterocycles. The van der Waals surface area contributed by atoms with Crippen molar-refractivity contribution in [2.75, 3.05) is 26.8 Å². The average Bonchev–Trinajstić information content (AvgIpc) is 2.67. The Bertz CT molecular complexity index is 842. The van der Waals surface area contributed by atoms with Gasteiger partial charge in [0.05, 0.1) is 25.2 Å². The number of amides is 1. The van der Waals surface area contributed by atoms with Crippen LogP contribution in [-0.2, 0) is 4.74 Å². The lowest BCUT2D eigenvalue weighted by molar-refractivity contribution is -0.385. The van der Waals surface area contributed by atoms with Gasteiger partial charge in [-0.3, -0.25) is 14.9 Å². The van der Waals surface area contributed by atoms with Gasteiger partial charge in [0.1, 0.15) is 23.2 Å². The van der Waals surface area contributed by atoms with Gasteiger partial charge in [-0.2, -0.15) is 0 Å². The minimum Gasteiger partial charge on any atom is -0.497 e. The van der Waals surface area contributed by atoms with Crippen molar-refractivity contribution in [3.63, 3.8) is 0 Å². The van der Waals surface area contributed by atoms with E-state index >= 15 is 0 Å². The number of carbonyl (C=O) groups excluding carboxylic acids is 1. The first-order valence-corrected chi connectivity index (χ1v) is 7.98. The Morgan fingerprint density at radius 1 is 1.35 bits per heavy atom. The molecule has 0 N–H and O–H groups in total. The molecule has 0 aromatic heterocycles. The third-order valence-electron chi connectivity index (χ3n) is 4.20. The lowest BCUT2D eigenvalue weighted by Gasteiger charge is -2.33. The highest BCUT2D eigenvalue weighted by atomic mass is 19.1. The van der Waals surface area contributed by atoms with Gasteiger partial charge >= 0.3 is 0 Å². The SMILES string of the molecule is COc1ccc([N+](=O)[O-])c(C(=O)N2CCOC(c3cccc(F)c3)C2)c1. The van der Waals surface area contributed by atoms with Gasteiger partial charge in [0, 0.05) is 12.6 Å². The van der Waals surface area contributed by atoms with Crippen LogP contribution in [0.25, 0.3) is 0 Å². The number of nitro groups is 1. The number of carbonyl (C=O) groups is 1. The summed E-state index contributed by atoms with van der Waals surface area (Å²) in [6.45, 7) is 0.723. The monoisotopic (exact) mass is 360 g/mol. The van der Waals surface area contributed by atoms with E-state index in [9.17, 15) is 19.3 Å². The van der Waals surface area contributed by atoms with E-state index in [-0.39, 0.29) is 24.4 Å². The molecule has 1 aliphatic rings. The Kier molecular flexibility index (Phi) is 5.13. The molecule has 1 amide bonds. The average molecular weight is 360 g/mol. The summed E-state index contributed by atoms with van der Waals surface area (Å²) in [6, 6.07) is 10.0. The van der Waals surface area contributed by atoms with E-state index in [1.807, 2.05) is 0 Å². The number of rotatable bonds is 4. The normalized spacial score (nSPS) is 17.0. The topological polar surface area (TPSA) is 81.9 Å². The zero-order chi connectivity index (χ0) is 18.7. The number of morpholine rings is 1. The molecule has 26 heavy (non-hydrogen) atoms. The van der Waals surface area contributed by atoms with Crippen LogP contribution in [-0.4, -0.2) is 42.5 Å². The van der Waals surface area contributed by atoms with Gasteiger partial charge in [0.25, 0.3) is 11.6 Å². The lowest BCUT2D eigenvalue weighted by atomic mass is 10.1. The molecule has 1 atom stereocenters. The number of hydrogen-bond donors (Lipinski definition) is 0. The molecule has 1 unspecified atom stereocenters. The fourth-order valence-corrected chi connectivity index (χ4v) is 2.89. The van der Waals surface area contributed by atoms with Crippen molar-refractivity contribution < 1.29 is 23.6 Å². The van der Waals surface area contributed by atoms with Crippen molar-refractivity contribution >= 4 is 11.6 Å². The molecule has 8 heteroatoms. The zero-order valence-corrected chi connectivity index (χ0v) is 14.1. The van der Waals surface area contributed by atoms with E-state index < -0.39 is 22.8 Å². The Balaban J connectivity index is 1.87. The molecule has 0 bridgehead atoms. The van der Waals surface area contributed by atoms with Crippen LogP contribution in [0.15, 0.2) is 42.5 Å². The van der Waals surface area contributed by atoms with Gasteiger partial charge in [-0.05, 0) is 29.8 Å². The van der Waals surface area contributed by atoms with Crippen LogP contribution in [0.4, 0.5) is 10.1 Å². The Morgan fingerprint density at radius 2 is 2.15 bits per heavy atom. The minimum atomic E-state index is -0.600. The summed E-state index contributed by atoms with van der Waals surface area (Å²) in [5.74, 6) is -0.521. The number of hydrogen-bond acceptors (Lipinski definition) is 5. The highest BCUT2D eigenvalue weighted by Crippen LogP contribution is 2.28. The number of benzene rings is 2.